The number of nitrogens with zero attached hydrogens (tertiary/aromatic N) is 3. The molecular formula is C12H19N5O2. The van der Waals surface area contributed by atoms with E-state index in [4.69, 9.17) is 10.5 Å². The van der Waals surface area contributed by atoms with Gasteiger partial charge in [-0.15, -0.1) is 0 Å². The Morgan fingerprint density at radius 1 is 1.47 bits per heavy atom. The SMILES string of the molecule is C[C@H](CNC(=O)c1nccnc1N)N1CCOCC1. The van der Waals surface area contributed by atoms with Crippen LogP contribution in [0.25, 0.3) is 0 Å². The van der Waals surface area contributed by atoms with Crippen molar-refractivity contribution in [2.45, 2.75) is 13.0 Å². The predicted molar refractivity (Wildman–Crippen MR) is 70.6 cm³/mol. The van der Waals surface area contributed by atoms with Gasteiger partial charge in [0, 0.05) is 38.1 Å². The molecule has 0 spiro atoms. The van der Waals surface area contributed by atoms with E-state index < -0.39 is 0 Å². The van der Waals surface area contributed by atoms with Crippen LogP contribution in [0.15, 0.2) is 12.4 Å². The lowest BCUT2D eigenvalue weighted by Crippen LogP contribution is -2.47. The summed E-state index contributed by atoms with van der Waals surface area (Å²) in [6.45, 7) is 5.90. The van der Waals surface area contributed by atoms with Crippen LogP contribution in [-0.2, 0) is 4.74 Å². The van der Waals surface area contributed by atoms with Gasteiger partial charge in [-0.25, -0.2) is 9.97 Å². The fourth-order valence-electron chi connectivity index (χ4n) is 2.00. The van der Waals surface area contributed by atoms with Gasteiger partial charge in [0.2, 0.25) is 0 Å². The van der Waals surface area contributed by atoms with Gasteiger partial charge in [-0.3, -0.25) is 9.69 Å². The topological polar surface area (TPSA) is 93.4 Å². The van der Waals surface area contributed by atoms with Crippen LogP contribution in [0.1, 0.15) is 17.4 Å². The van der Waals surface area contributed by atoms with E-state index in [1.54, 1.807) is 0 Å². The van der Waals surface area contributed by atoms with Crippen LogP contribution in [0.2, 0.25) is 0 Å². The molecule has 2 heterocycles. The molecule has 1 saturated heterocycles. The highest BCUT2D eigenvalue weighted by molar-refractivity contribution is 5.96. The average Bonchev–Trinajstić information content (AvgIpc) is 2.46. The van der Waals surface area contributed by atoms with E-state index in [1.807, 2.05) is 0 Å². The van der Waals surface area contributed by atoms with E-state index in [0.717, 1.165) is 26.3 Å². The summed E-state index contributed by atoms with van der Waals surface area (Å²) in [5.74, 6) is -0.135. The van der Waals surface area contributed by atoms with Crippen molar-refractivity contribution in [3.05, 3.63) is 18.1 Å². The Kier molecular flexibility index (Phi) is 4.64. The second kappa shape index (κ2) is 6.44. The van der Waals surface area contributed by atoms with Crippen LogP contribution in [-0.4, -0.2) is 59.7 Å². The number of anilines is 1. The van der Waals surface area contributed by atoms with Gasteiger partial charge in [-0.2, -0.15) is 0 Å². The summed E-state index contributed by atoms with van der Waals surface area (Å²) in [6, 6.07) is 0.255. The number of carbonyl (C=O) groups is 1. The van der Waals surface area contributed by atoms with Gasteiger partial charge in [0.05, 0.1) is 13.2 Å². The molecule has 1 fully saturated rings. The number of hydrogen-bond donors (Lipinski definition) is 2. The fraction of sp³-hybridized carbons (Fsp3) is 0.583. The van der Waals surface area contributed by atoms with E-state index in [9.17, 15) is 4.79 Å². The third-order valence-electron chi connectivity index (χ3n) is 3.17. The lowest BCUT2D eigenvalue weighted by atomic mass is 10.2. The van der Waals surface area contributed by atoms with Crippen LogP contribution in [0.3, 0.4) is 0 Å². The number of nitrogens with two attached hydrogens (primary N) is 1. The molecule has 19 heavy (non-hydrogen) atoms. The van der Waals surface area contributed by atoms with E-state index in [1.165, 1.54) is 12.4 Å². The monoisotopic (exact) mass is 265 g/mol. The molecule has 7 heteroatoms. The summed E-state index contributed by atoms with van der Waals surface area (Å²) >= 11 is 0. The molecule has 7 nitrogen and oxygen atoms in total. The van der Waals surface area contributed by atoms with Crippen molar-refractivity contribution in [1.29, 1.82) is 0 Å². The van der Waals surface area contributed by atoms with Gasteiger partial charge in [-0.05, 0) is 6.92 Å². The van der Waals surface area contributed by atoms with Gasteiger partial charge >= 0.3 is 0 Å². The third kappa shape index (κ3) is 3.62. The maximum atomic E-state index is 11.9. The smallest absolute Gasteiger partial charge is 0.273 e. The van der Waals surface area contributed by atoms with Crippen LogP contribution in [0.4, 0.5) is 5.82 Å². The molecule has 1 amide bonds. The average molecular weight is 265 g/mol. The van der Waals surface area contributed by atoms with E-state index in [0.29, 0.717) is 6.54 Å². The van der Waals surface area contributed by atoms with Crippen LogP contribution < -0.4 is 11.1 Å². The molecule has 1 aliphatic heterocycles. The molecule has 1 aromatic rings. The maximum absolute atomic E-state index is 11.9. The molecule has 0 saturated carbocycles. The summed E-state index contributed by atoms with van der Waals surface area (Å²) in [7, 11) is 0. The Bertz CT molecular complexity index is 434. The van der Waals surface area contributed by atoms with E-state index in [2.05, 4.69) is 27.1 Å². The first kappa shape index (κ1) is 13.7. The van der Waals surface area contributed by atoms with Crippen molar-refractivity contribution in [2.75, 3.05) is 38.6 Å². The summed E-state index contributed by atoms with van der Waals surface area (Å²) < 4.78 is 5.30. The Balaban J connectivity index is 1.84. The number of nitrogens with one attached hydrogen (secondary N) is 1. The van der Waals surface area contributed by atoms with Gasteiger partial charge in [0.15, 0.2) is 11.5 Å². The third-order valence-corrected chi connectivity index (χ3v) is 3.17. The molecule has 1 atom stereocenters. The Hall–Kier alpha value is -1.73. The van der Waals surface area contributed by atoms with E-state index in [-0.39, 0.29) is 23.5 Å². The molecule has 0 unspecified atom stereocenters. The van der Waals surface area contributed by atoms with Crippen molar-refractivity contribution in [3.63, 3.8) is 0 Å². The zero-order chi connectivity index (χ0) is 13.7. The highest BCUT2D eigenvalue weighted by atomic mass is 16.5. The second-order valence-electron chi connectivity index (χ2n) is 4.50. The van der Waals surface area contributed by atoms with Gasteiger partial charge < -0.3 is 15.8 Å². The van der Waals surface area contributed by atoms with Gasteiger partial charge in [0.1, 0.15) is 0 Å². The lowest BCUT2D eigenvalue weighted by Gasteiger charge is -2.32. The molecule has 0 aliphatic carbocycles. The quantitative estimate of drug-likeness (QED) is 0.763. The summed E-state index contributed by atoms with van der Waals surface area (Å²) in [6.07, 6.45) is 2.92. The van der Waals surface area contributed by atoms with Gasteiger partial charge in [-0.1, -0.05) is 0 Å². The fourth-order valence-corrected chi connectivity index (χ4v) is 2.00. The number of nitrogen functional groups attached to an aromatic ring is 1. The highest BCUT2D eigenvalue weighted by Crippen LogP contribution is 2.05. The first-order valence-electron chi connectivity index (χ1n) is 6.35. The van der Waals surface area contributed by atoms with Crippen molar-refractivity contribution in [1.82, 2.24) is 20.2 Å². The van der Waals surface area contributed by atoms with Crippen LogP contribution >= 0.6 is 0 Å². The minimum absolute atomic E-state index is 0.152. The molecule has 2 rings (SSSR count). The molecule has 0 bridgehead atoms. The number of amides is 1. The minimum atomic E-state index is -0.286. The molecule has 0 aromatic carbocycles. The number of aromatic nitrogens is 2. The number of rotatable bonds is 4. The van der Waals surface area contributed by atoms with E-state index >= 15 is 0 Å². The van der Waals surface area contributed by atoms with Crippen molar-refractivity contribution >= 4 is 11.7 Å². The lowest BCUT2D eigenvalue weighted by molar-refractivity contribution is 0.0204. The first-order chi connectivity index (χ1) is 9.18. The predicted octanol–water partition coefficient (Wildman–Crippen LogP) is -0.491. The number of hydrogen-bond acceptors (Lipinski definition) is 6. The number of ether oxygens (including phenoxy) is 1. The van der Waals surface area contributed by atoms with Crippen molar-refractivity contribution < 1.29 is 9.53 Å². The number of morpholine rings is 1. The zero-order valence-electron chi connectivity index (χ0n) is 11.0. The Labute approximate surface area is 112 Å². The molecule has 104 valence electrons. The summed E-state index contributed by atoms with van der Waals surface area (Å²) in [4.78, 5) is 22.0. The maximum Gasteiger partial charge on any atom is 0.273 e. The van der Waals surface area contributed by atoms with Crippen molar-refractivity contribution in [2.24, 2.45) is 0 Å². The number of carbonyl (C=O) groups excluding carboxylic acids is 1. The summed E-state index contributed by atoms with van der Waals surface area (Å²) in [5.41, 5.74) is 5.79. The minimum Gasteiger partial charge on any atom is -0.382 e. The second-order valence-corrected chi connectivity index (χ2v) is 4.50. The van der Waals surface area contributed by atoms with Crippen LogP contribution in [0, 0.1) is 0 Å². The van der Waals surface area contributed by atoms with Crippen molar-refractivity contribution in [3.8, 4) is 0 Å². The largest absolute Gasteiger partial charge is 0.382 e. The Morgan fingerprint density at radius 3 is 2.84 bits per heavy atom. The van der Waals surface area contributed by atoms with Crippen LogP contribution in [0.5, 0.6) is 0 Å². The zero-order valence-corrected chi connectivity index (χ0v) is 11.0. The highest BCUT2D eigenvalue weighted by Gasteiger charge is 2.18. The Morgan fingerprint density at radius 2 is 2.16 bits per heavy atom. The molecule has 3 N–H and O–H groups in total. The standard InChI is InChI=1S/C12H19N5O2/c1-9(17-4-6-19-7-5-17)8-16-12(18)10-11(13)15-3-2-14-10/h2-3,9H,4-8H2,1H3,(H2,13,15)(H,16,18)/t9-/m1/s1. The normalized spacial score (nSPS) is 17.9. The molecule has 1 aliphatic rings. The summed E-state index contributed by atoms with van der Waals surface area (Å²) in [5, 5.41) is 2.83. The molecule has 0 radical (unpaired) electrons. The van der Waals surface area contributed by atoms with Gasteiger partial charge in [0.25, 0.3) is 5.91 Å². The molecule has 1 aromatic heterocycles. The molecular weight excluding hydrogens is 246 g/mol. The first-order valence-corrected chi connectivity index (χ1v) is 6.35.